The lowest BCUT2D eigenvalue weighted by Crippen LogP contribution is -2.42. The number of rotatable bonds is 2. The average Bonchev–Trinajstić information content (AvgIpc) is 2.62. The molecule has 128 valence electrons. The second kappa shape index (κ2) is 6.52. The first-order chi connectivity index (χ1) is 12.1. The lowest BCUT2D eigenvalue weighted by molar-refractivity contribution is -0.118. The average molecular weight is 358 g/mol. The van der Waals surface area contributed by atoms with Gasteiger partial charge in [-0.15, -0.1) is 11.8 Å². The quantitative estimate of drug-likeness (QED) is 0.858. The van der Waals surface area contributed by atoms with Crippen molar-refractivity contribution in [2.45, 2.75) is 18.4 Å². The number of allylic oxidation sites excluding steroid dienone is 1. The van der Waals surface area contributed by atoms with Crippen molar-refractivity contribution in [1.29, 1.82) is 0 Å². The van der Waals surface area contributed by atoms with Crippen LogP contribution in [0.3, 0.4) is 0 Å². The molecule has 0 spiro atoms. The van der Waals surface area contributed by atoms with Crippen molar-refractivity contribution < 1.29 is 13.6 Å². The summed E-state index contributed by atoms with van der Waals surface area (Å²) in [6.45, 7) is 0. The second-order valence-electron chi connectivity index (χ2n) is 6.16. The number of thioether (sulfide) groups is 1. The van der Waals surface area contributed by atoms with Gasteiger partial charge in [-0.2, -0.15) is 0 Å². The van der Waals surface area contributed by atoms with E-state index in [0.29, 0.717) is 11.6 Å². The molecule has 2 atom stereocenters. The molecular weight excluding hydrogens is 342 g/mol. The van der Waals surface area contributed by atoms with E-state index in [-0.39, 0.29) is 29.5 Å². The lowest BCUT2D eigenvalue weighted by atomic mass is 9.86. The first-order valence-corrected chi connectivity index (χ1v) is 9.03. The van der Waals surface area contributed by atoms with Crippen LogP contribution in [0.5, 0.6) is 0 Å². The smallest absolute Gasteiger partial charge is 0.235 e. The van der Waals surface area contributed by atoms with Crippen LogP contribution in [0.2, 0.25) is 0 Å². The van der Waals surface area contributed by atoms with E-state index >= 15 is 0 Å². The molecular formula is C19H16F2N2OS. The Labute approximate surface area is 148 Å². The largest absolute Gasteiger partial charge is 0.364 e. The molecule has 0 radical (unpaired) electrons. The van der Waals surface area contributed by atoms with Crippen LogP contribution in [0.15, 0.2) is 59.3 Å². The number of hydrogen-bond acceptors (Lipinski definition) is 3. The topological polar surface area (TPSA) is 41.1 Å². The number of benzene rings is 2. The van der Waals surface area contributed by atoms with Crippen molar-refractivity contribution in [2.75, 3.05) is 5.75 Å². The van der Waals surface area contributed by atoms with Crippen LogP contribution in [0.25, 0.3) is 0 Å². The molecule has 0 saturated carbocycles. The highest BCUT2D eigenvalue weighted by Gasteiger charge is 2.34. The van der Waals surface area contributed by atoms with E-state index in [1.807, 2.05) is 0 Å². The number of nitrogens with one attached hydrogen (secondary N) is 2. The number of halogens is 2. The third-order valence-corrected chi connectivity index (χ3v) is 5.73. The van der Waals surface area contributed by atoms with Crippen molar-refractivity contribution in [2.24, 2.45) is 0 Å². The number of carbonyl (C=O) groups excluding carboxylic acids is 1. The lowest BCUT2D eigenvalue weighted by Gasteiger charge is -2.37. The van der Waals surface area contributed by atoms with Crippen LogP contribution in [0.4, 0.5) is 8.78 Å². The molecule has 6 heteroatoms. The van der Waals surface area contributed by atoms with Crippen LogP contribution >= 0.6 is 11.8 Å². The van der Waals surface area contributed by atoms with Crippen molar-refractivity contribution in [3.05, 3.63) is 82.0 Å². The third-order valence-electron chi connectivity index (χ3n) is 4.52. The highest BCUT2D eigenvalue weighted by molar-refractivity contribution is 8.03. The van der Waals surface area contributed by atoms with Gasteiger partial charge in [-0.05, 0) is 41.8 Å². The highest BCUT2D eigenvalue weighted by atomic mass is 32.2. The molecule has 0 fully saturated rings. The summed E-state index contributed by atoms with van der Waals surface area (Å²) in [4.78, 5) is 12.8. The van der Waals surface area contributed by atoms with Gasteiger partial charge in [-0.3, -0.25) is 4.79 Å². The van der Waals surface area contributed by atoms with Crippen molar-refractivity contribution >= 4 is 17.7 Å². The van der Waals surface area contributed by atoms with Crippen LogP contribution in [-0.4, -0.2) is 11.7 Å². The fourth-order valence-corrected chi connectivity index (χ4v) is 4.35. The summed E-state index contributed by atoms with van der Waals surface area (Å²) < 4.78 is 26.5. The molecule has 2 heterocycles. The standard InChI is InChI=1S/C19H16F2N2OS/c20-13-5-1-11(2-6-13)15-9-16(12-3-7-14(21)8-4-12)22-19-18(15)25-10-17(24)23-19/h1-8,15-16,22H,9-10H2,(H,23,24)/t15-,16+/m1/s1. The fraction of sp³-hybridized carbons (Fsp3) is 0.211. The maximum absolute atomic E-state index is 13.3. The minimum atomic E-state index is -0.281. The molecule has 0 saturated heterocycles. The second-order valence-corrected chi connectivity index (χ2v) is 7.18. The summed E-state index contributed by atoms with van der Waals surface area (Å²) in [5.41, 5.74) is 1.95. The van der Waals surface area contributed by atoms with E-state index in [4.69, 9.17) is 0 Å². The predicted molar refractivity (Wildman–Crippen MR) is 93.7 cm³/mol. The summed E-state index contributed by atoms with van der Waals surface area (Å²) in [6, 6.07) is 12.8. The molecule has 0 aromatic heterocycles. The molecule has 2 aromatic rings. The molecule has 2 aromatic carbocycles. The van der Waals surface area contributed by atoms with Crippen LogP contribution < -0.4 is 10.6 Å². The molecule has 0 bridgehead atoms. The van der Waals surface area contributed by atoms with E-state index in [0.717, 1.165) is 22.5 Å². The predicted octanol–water partition coefficient (Wildman–Crippen LogP) is 3.82. The van der Waals surface area contributed by atoms with Crippen LogP contribution in [-0.2, 0) is 4.79 Å². The van der Waals surface area contributed by atoms with Gasteiger partial charge in [-0.1, -0.05) is 24.3 Å². The SMILES string of the molecule is O=C1CSC2=C(N1)N[C@H](c1ccc(F)cc1)C[C@@H]2c1ccc(F)cc1. The molecule has 0 unspecified atom stereocenters. The monoisotopic (exact) mass is 358 g/mol. The van der Waals surface area contributed by atoms with Gasteiger partial charge in [0, 0.05) is 10.8 Å². The minimum Gasteiger partial charge on any atom is -0.364 e. The van der Waals surface area contributed by atoms with Crippen molar-refractivity contribution in [3.8, 4) is 0 Å². The first kappa shape index (κ1) is 16.1. The van der Waals surface area contributed by atoms with Crippen molar-refractivity contribution in [3.63, 3.8) is 0 Å². The van der Waals surface area contributed by atoms with E-state index in [1.54, 1.807) is 24.3 Å². The summed E-state index contributed by atoms with van der Waals surface area (Å²) in [7, 11) is 0. The number of amides is 1. The van der Waals surface area contributed by atoms with Gasteiger partial charge in [-0.25, -0.2) is 8.78 Å². The Bertz CT molecular complexity index is 834. The van der Waals surface area contributed by atoms with E-state index in [1.165, 1.54) is 36.0 Å². The third kappa shape index (κ3) is 3.26. The number of carbonyl (C=O) groups is 1. The summed E-state index contributed by atoms with van der Waals surface area (Å²) >= 11 is 1.51. The zero-order chi connectivity index (χ0) is 17.4. The maximum Gasteiger partial charge on any atom is 0.235 e. The normalized spacial score (nSPS) is 22.9. The molecule has 0 aliphatic carbocycles. The Morgan fingerprint density at radius 1 is 0.920 bits per heavy atom. The Morgan fingerprint density at radius 2 is 1.52 bits per heavy atom. The highest BCUT2D eigenvalue weighted by Crippen LogP contribution is 2.45. The Morgan fingerprint density at radius 3 is 2.16 bits per heavy atom. The van der Waals surface area contributed by atoms with Gasteiger partial charge in [0.25, 0.3) is 0 Å². The van der Waals surface area contributed by atoms with E-state index in [9.17, 15) is 13.6 Å². The summed E-state index contributed by atoms with van der Waals surface area (Å²) in [5, 5.41) is 6.26. The van der Waals surface area contributed by atoms with Gasteiger partial charge in [0.2, 0.25) is 5.91 Å². The molecule has 4 rings (SSSR count). The first-order valence-electron chi connectivity index (χ1n) is 8.04. The molecule has 3 nitrogen and oxygen atoms in total. The maximum atomic E-state index is 13.3. The van der Waals surface area contributed by atoms with Crippen LogP contribution in [0, 0.1) is 11.6 Å². The number of hydrogen-bond donors (Lipinski definition) is 2. The molecule has 2 N–H and O–H groups in total. The minimum absolute atomic E-state index is 0.0473. The van der Waals surface area contributed by atoms with Gasteiger partial charge < -0.3 is 10.6 Å². The van der Waals surface area contributed by atoms with E-state index in [2.05, 4.69) is 10.6 Å². The summed E-state index contributed by atoms with van der Waals surface area (Å²) in [5.74, 6) is 0.532. The Hall–Kier alpha value is -2.34. The zero-order valence-corrected chi connectivity index (χ0v) is 14.1. The zero-order valence-electron chi connectivity index (χ0n) is 13.3. The Balaban J connectivity index is 1.72. The molecule has 2 aliphatic rings. The van der Waals surface area contributed by atoms with Crippen molar-refractivity contribution in [1.82, 2.24) is 10.6 Å². The summed E-state index contributed by atoms with van der Waals surface area (Å²) in [6.07, 6.45) is 0.749. The fourth-order valence-electron chi connectivity index (χ4n) is 3.31. The van der Waals surface area contributed by atoms with Gasteiger partial charge in [0.1, 0.15) is 17.5 Å². The molecule has 2 aliphatic heterocycles. The van der Waals surface area contributed by atoms with Gasteiger partial charge in [0.05, 0.1) is 11.8 Å². The van der Waals surface area contributed by atoms with Gasteiger partial charge in [0.15, 0.2) is 0 Å². The molecule has 25 heavy (non-hydrogen) atoms. The Kier molecular flexibility index (Phi) is 4.21. The van der Waals surface area contributed by atoms with E-state index < -0.39 is 0 Å². The van der Waals surface area contributed by atoms with Crippen LogP contribution in [0.1, 0.15) is 29.5 Å². The molecule has 1 amide bonds. The van der Waals surface area contributed by atoms with Gasteiger partial charge >= 0.3 is 0 Å².